The van der Waals surface area contributed by atoms with Crippen LogP contribution in [0, 0.1) is 5.92 Å². The molecule has 0 spiro atoms. The van der Waals surface area contributed by atoms with Crippen LogP contribution in [0.15, 0.2) is 0 Å². The lowest BCUT2D eigenvalue weighted by Crippen LogP contribution is -2.36. The number of nitrogens with one attached hydrogen (secondary N) is 1. The summed E-state index contributed by atoms with van der Waals surface area (Å²) in [6.45, 7) is 5.83. The number of rotatable bonds is 5. The summed E-state index contributed by atoms with van der Waals surface area (Å²) in [4.78, 5) is 13.2. The summed E-state index contributed by atoms with van der Waals surface area (Å²) in [6.07, 6.45) is 6.50. The molecular formula is C13H26N2O. The Labute approximate surface area is 99.6 Å². The van der Waals surface area contributed by atoms with Crippen molar-refractivity contribution in [2.24, 2.45) is 5.92 Å². The van der Waals surface area contributed by atoms with Crippen LogP contribution in [-0.4, -0.2) is 37.0 Å². The summed E-state index contributed by atoms with van der Waals surface area (Å²) >= 11 is 0. The van der Waals surface area contributed by atoms with E-state index in [-0.39, 0.29) is 5.91 Å². The average molecular weight is 226 g/mol. The van der Waals surface area contributed by atoms with E-state index in [2.05, 4.69) is 24.2 Å². The van der Waals surface area contributed by atoms with E-state index in [4.69, 9.17) is 0 Å². The number of nitrogens with zero attached hydrogens (tertiary/aromatic N) is 1. The molecule has 0 saturated heterocycles. The molecule has 0 heterocycles. The molecule has 1 fully saturated rings. The van der Waals surface area contributed by atoms with Crippen molar-refractivity contribution in [1.29, 1.82) is 0 Å². The Kier molecular flexibility index (Phi) is 5.81. The maximum Gasteiger partial charge on any atom is 0.216 e. The third-order valence-electron chi connectivity index (χ3n) is 3.67. The maximum atomic E-state index is 10.7. The first-order valence-corrected chi connectivity index (χ1v) is 6.54. The number of hydrogen-bond acceptors (Lipinski definition) is 2. The quantitative estimate of drug-likeness (QED) is 0.727. The van der Waals surface area contributed by atoms with Crippen molar-refractivity contribution in [2.45, 2.75) is 52.0 Å². The predicted octanol–water partition coefficient (Wildman–Crippen LogP) is 2.02. The van der Waals surface area contributed by atoms with Gasteiger partial charge in [0.2, 0.25) is 5.91 Å². The molecule has 0 atom stereocenters. The summed E-state index contributed by atoms with van der Waals surface area (Å²) in [5.74, 6) is 0.998. The summed E-state index contributed by atoms with van der Waals surface area (Å²) in [5, 5.41) is 2.85. The Balaban J connectivity index is 2.10. The van der Waals surface area contributed by atoms with Crippen molar-refractivity contribution in [3.63, 3.8) is 0 Å². The predicted molar refractivity (Wildman–Crippen MR) is 67.4 cm³/mol. The van der Waals surface area contributed by atoms with Crippen molar-refractivity contribution < 1.29 is 4.79 Å². The fourth-order valence-corrected chi connectivity index (χ4v) is 2.46. The molecule has 94 valence electrons. The first-order valence-electron chi connectivity index (χ1n) is 6.54. The van der Waals surface area contributed by atoms with Gasteiger partial charge >= 0.3 is 0 Å². The molecule has 0 aromatic carbocycles. The SMILES string of the molecule is CC(=O)NCCCN(C)C1CCC(C)CC1. The zero-order chi connectivity index (χ0) is 12.0. The van der Waals surface area contributed by atoms with Gasteiger partial charge in [-0.05, 0) is 51.6 Å². The molecule has 3 nitrogen and oxygen atoms in total. The largest absolute Gasteiger partial charge is 0.356 e. The van der Waals surface area contributed by atoms with E-state index in [9.17, 15) is 4.79 Å². The minimum atomic E-state index is 0.0779. The Hall–Kier alpha value is -0.570. The minimum absolute atomic E-state index is 0.0779. The van der Waals surface area contributed by atoms with Gasteiger partial charge in [-0.25, -0.2) is 0 Å². The second kappa shape index (κ2) is 6.89. The van der Waals surface area contributed by atoms with Crippen LogP contribution in [-0.2, 0) is 4.79 Å². The van der Waals surface area contributed by atoms with Crippen molar-refractivity contribution >= 4 is 5.91 Å². The minimum Gasteiger partial charge on any atom is -0.356 e. The second-order valence-corrected chi connectivity index (χ2v) is 5.23. The summed E-state index contributed by atoms with van der Waals surface area (Å²) in [6, 6.07) is 0.772. The van der Waals surface area contributed by atoms with E-state index < -0.39 is 0 Å². The molecule has 1 aliphatic rings. The summed E-state index contributed by atoms with van der Waals surface area (Å²) < 4.78 is 0. The Morgan fingerprint density at radius 1 is 1.31 bits per heavy atom. The number of amides is 1. The Morgan fingerprint density at radius 2 is 1.94 bits per heavy atom. The molecular weight excluding hydrogens is 200 g/mol. The molecule has 1 rings (SSSR count). The monoisotopic (exact) mass is 226 g/mol. The molecule has 3 heteroatoms. The summed E-state index contributed by atoms with van der Waals surface area (Å²) in [5.41, 5.74) is 0. The highest BCUT2D eigenvalue weighted by atomic mass is 16.1. The Morgan fingerprint density at radius 3 is 2.50 bits per heavy atom. The molecule has 0 aromatic heterocycles. The van der Waals surface area contributed by atoms with Gasteiger partial charge in [-0.1, -0.05) is 6.92 Å². The van der Waals surface area contributed by atoms with Crippen LogP contribution in [0.25, 0.3) is 0 Å². The van der Waals surface area contributed by atoms with Gasteiger partial charge in [0.05, 0.1) is 0 Å². The highest BCUT2D eigenvalue weighted by molar-refractivity contribution is 5.72. The summed E-state index contributed by atoms with van der Waals surface area (Å²) in [7, 11) is 2.22. The smallest absolute Gasteiger partial charge is 0.216 e. The van der Waals surface area contributed by atoms with E-state index in [0.29, 0.717) is 0 Å². The lowest BCUT2D eigenvalue weighted by molar-refractivity contribution is -0.118. The van der Waals surface area contributed by atoms with Crippen molar-refractivity contribution in [2.75, 3.05) is 20.1 Å². The van der Waals surface area contributed by atoms with Crippen LogP contribution < -0.4 is 5.32 Å². The first-order chi connectivity index (χ1) is 7.59. The first kappa shape index (κ1) is 13.5. The number of carbonyl (C=O) groups is 1. The van der Waals surface area contributed by atoms with Crippen molar-refractivity contribution in [1.82, 2.24) is 10.2 Å². The molecule has 0 unspecified atom stereocenters. The van der Waals surface area contributed by atoms with E-state index in [1.54, 1.807) is 6.92 Å². The zero-order valence-corrected chi connectivity index (χ0v) is 11.0. The van der Waals surface area contributed by atoms with Gasteiger partial charge in [-0.3, -0.25) is 4.79 Å². The fraction of sp³-hybridized carbons (Fsp3) is 0.923. The molecule has 0 aliphatic heterocycles. The van der Waals surface area contributed by atoms with Crippen LogP contribution in [0.4, 0.5) is 0 Å². The van der Waals surface area contributed by atoms with Gasteiger partial charge in [0, 0.05) is 19.5 Å². The number of hydrogen-bond donors (Lipinski definition) is 1. The van der Waals surface area contributed by atoms with Gasteiger partial charge < -0.3 is 10.2 Å². The molecule has 0 aromatic rings. The van der Waals surface area contributed by atoms with Crippen LogP contribution in [0.1, 0.15) is 46.0 Å². The molecule has 1 N–H and O–H groups in total. The van der Waals surface area contributed by atoms with Crippen LogP contribution in [0.3, 0.4) is 0 Å². The molecule has 0 bridgehead atoms. The number of carbonyl (C=O) groups excluding carboxylic acids is 1. The normalized spacial score (nSPS) is 25.8. The van der Waals surface area contributed by atoms with E-state index in [1.165, 1.54) is 25.7 Å². The van der Waals surface area contributed by atoms with Crippen LogP contribution in [0.5, 0.6) is 0 Å². The van der Waals surface area contributed by atoms with E-state index >= 15 is 0 Å². The molecule has 1 saturated carbocycles. The highest BCUT2D eigenvalue weighted by Gasteiger charge is 2.20. The Bertz CT molecular complexity index is 210. The third kappa shape index (κ3) is 4.97. The maximum absolute atomic E-state index is 10.7. The van der Waals surface area contributed by atoms with Crippen LogP contribution in [0.2, 0.25) is 0 Å². The molecule has 0 radical (unpaired) electrons. The lowest BCUT2D eigenvalue weighted by Gasteiger charge is -2.33. The van der Waals surface area contributed by atoms with E-state index in [0.717, 1.165) is 31.5 Å². The standard InChI is InChI=1S/C13H26N2O/c1-11-5-7-13(8-6-11)15(3)10-4-9-14-12(2)16/h11,13H,4-10H2,1-3H3,(H,14,16). The van der Waals surface area contributed by atoms with Gasteiger partial charge in [0.15, 0.2) is 0 Å². The topological polar surface area (TPSA) is 32.3 Å². The third-order valence-corrected chi connectivity index (χ3v) is 3.67. The lowest BCUT2D eigenvalue weighted by atomic mass is 9.87. The molecule has 1 aliphatic carbocycles. The van der Waals surface area contributed by atoms with Crippen LogP contribution >= 0.6 is 0 Å². The van der Waals surface area contributed by atoms with Gasteiger partial charge in [-0.15, -0.1) is 0 Å². The van der Waals surface area contributed by atoms with Crippen molar-refractivity contribution in [3.05, 3.63) is 0 Å². The van der Waals surface area contributed by atoms with Gasteiger partial charge in [0.25, 0.3) is 0 Å². The van der Waals surface area contributed by atoms with Gasteiger partial charge in [0.1, 0.15) is 0 Å². The highest BCUT2D eigenvalue weighted by Crippen LogP contribution is 2.26. The van der Waals surface area contributed by atoms with Crippen molar-refractivity contribution in [3.8, 4) is 0 Å². The molecule has 16 heavy (non-hydrogen) atoms. The average Bonchev–Trinajstić information content (AvgIpc) is 2.25. The van der Waals surface area contributed by atoms with Gasteiger partial charge in [-0.2, -0.15) is 0 Å². The molecule has 1 amide bonds. The second-order valence-electron chi connectivity index (χ2n) is 5.23. The van der Waals surface area contributed by atoms with E-state index in [1.807, 2.05) is 0 Å². The fourth-order valence-electron chi connectivity index (χ4n) is 2.46. The zero-order valence-electron chi connectivity index (χ0n) is 11.0.